The predicted molar refractivity (Wildman–Crippen MR) is 44.5 cm³/mol. The first-order chi connectivity index (χ1) is 4.88. The van der Waals surface area contributed by atoms with E-state index in [-0.39, 0.29) is 5.33 Å². The second-order valence-corrected chi connectivity index (χ2v) is 4.38. The van der Waals surface area contributed by atoms with Crippen LogP contribution in [0.5, 0.6) is 0 Å². The molecule has 0 aromatic carbocycles. The lowest BCUT2D eigenvalue weighted by molar-refractivity contribution is -0.118. The molecule has 0 saturated heterocycles. The van der Waals surface area contributed by atoms with Crippen LogP contribution in [0.2, 0.25) is 0 Å². The Labute approximate surface area is 73.5 Å². The second kappa shape index (κ2) is 4.03. The lowest BCUT2D eigenvalue weighted by Gasteiger charge is -2.09. The van der Waals surface area contributed by atoms with Gasteiger partial charge >= 0.3 is 0 Å². The van der Waals surface area contributed by atoms with Crippen LogP contribution in [0.25, 0.3) is 0 Å². The molecule has 0 rings (SSSR count). The van der Waals surface area contributed by atoms with Crippen molar-refractivity contribution in [3.63, 3.8) is 0 Å². The number of nitrogens with two attached hydrogens (primary N) is 1. The van der Waals surface area contributed by atoms with Crippen molar-refractivity contribution in [2.45, 2.75) is 12.3 Å². The standard InChI is InChI=1S/C4H9BrN2O3S/c1-3(11(6,9)10)7-4(8)2-5/h3H,2H2,1H3,(H,7,8)(H2,6,9,10). The first-order valence-electron chi connectivity index (χ1n) is 2.75. The Morgan fingerprint density at radius 3 is 2.45 bits per heavy atom. The number of carbonyl (C=O) groups excluding carboxylic acids is 1. The molecule has 1 amide bonds. The average Bonchev–Trinajstić information content (AvgIpc) is 1.85. The molecule has 5 nitrogen and oxygen atoms in total. The number of alkyl halides is 1. The van der Waals surface area contributed by atoms with Crippen molar-refractivity contribution in [1.29, 1.82) is 0 Å². The number of carbonyl (C=O) groups is 1. The van der Waals surface area contributed by atoms with Crippen LogP contribution in [0.3, 0.4) is 0 Å². The maximum absolute atomic E-state index is 10.6. The monoisotopic (exact) mass is 244 g/mol. The molecule has 0 heterocycles. The molecule has 0 radical (unpaired) electrons. The summed E-state index contributed by atoms with van der Waals surface area (Å²) >= 11 is 2.86. The van der Waals surface area contributed by atoms with Gasteiger partial charge in [-0.05, 0) is 6.92 Å². The molecular formula is C4H9BrN2O3S. The van der Waals surface area contributed by atoms with E-state index in [0.29, 0.717) is 0 Å². The summed E-state index contributed by atoms with van der Waals surface area (Å²) in [4.78, 5) is 10.6. The van der Waals surface area contributed by atoms with E-state index in [1.165, 1.54) is 6.92 Å². The zero-order chi connectivity index (χ0) is 9.07. The van der Waals surface area contributed by atoms with Crippen LogP contribution in [0, 0.1) is 0 Å². The minimum absolute atomic E-state index is 0.0624. The number of rotatable bonds is 3. The van der Waals surface area contributed by atoms with Gasteiger partial charge in [-0.2, -0.15) is 0 Å². The molecule has 0 fully saturated rings. The second-order valence-electron chi connectivity index (χ2n) is 1.93. The fourth-order valence-corrected chi connectivity index (χ4v) is 0.805. The highest BCUT2D eigenvalue weighted by Crippen LogP contribution is 1.90. The third-order valence-corrected chi connectivity index (χ3v) is 2.59. The van der Waals surface area contributed by atoms with Crippen molar-refractivity contribution in [3.8, 4) is 0 Å². The van der Waals surface area contributed by atoms with Crippen LogP contribution in [0.15, 0.2) is 0 Å². The number of hydrogen-bond donors (Lipinski definition) is 2. The third-order valence-electron chi connectivity index (χ3n) is 0.978. The zero-order valence-electron chi connectivity index (χ0n) is 5.87. The molecule has 7 heteroatoms. The average molecular weight is 245 g/mol. The highest BCUT2D eigenvalue weighted by molar-refractivity contribution is 9.09. The largest absolute Gasteiger partial charge is 0.338 e. The van der Waals surface area contributed by atoms with Crippen LogP contribution >= 0.6 is 15.9 Å². The van der Waals surface area contributed by atoms with E-state index < -0.39 is 21.3 Å². The van der Waals surface area contributed by atoms with Gasteiger partial charge in [0.25, 0.3) is 0 Å². The topological polar surface area (TPSA) is 89.3 Å². The number of primary sulfonamides is 1. The van der Waals surface area contributed by atoms with Crippen LogP contribution < -0.4 is 10.5 Å². The van der Waals surface area contributed by atoms with Gasteiger partial charge < -0.3 is 5.32 Å². The van der Waals surface area contributed by atoms with Crippen LogP contribution in [-0.4, -0.2) is 25.0 Å². The van der Waals surface area contributed by atoms with Crippen LogP contribution in [-0.2, 0) is 14.8 Å². The number of nitrogens with one attached hydrogen (secondary N) is 1. The predicted octanol–water partition coefficient (Wildman–Crippen LogP) is -0.868. The number of sulfonamides is 1. The molecule has 0 aromatic heterocycles. The molecule has 0 aliphatic heterocycles. The van der Waals surface area contributed by atoms with Gasteiger partial charge in [0.15, 0.2) is 0 Å². The number of halogens is 1. The maximum atomic E-state index is 10.6. The van der Waals surface area contributed by atoms with Gasteiger partial charge in [-0.25, -0.2) is 13.6 Å². The Hall–Kier alpha value is -0.140. The minimum Gasteiger partial charge on any atom is -0.338 e. The van der Waals surface area contributed by atoms with Crippen molar-refractivity contribution in [3.05, 3.63) is 0 Å². The van der Waals surface area contributed by atoms with E-state index in [1.54, 1.807) is 0 Å². The highest BCUT2D eigenvalue weighted by atomic mass is 79.9. The van der Waals surface area contributed by atoms with Crippen LogP contribution in [0.4, 0.5) is 0 Å². The first-order valence-corrected chi connectivity index (χ1v) is 5.48. The van der Waals surface area contributed by atoms with Gasteiger partial charge in [0.2, 0.25) is 15.9 Å². The molecule has 66 valence electrons. The summed E-state index contributed by atoms with van der Waals surface area (Å²) in [6, 6.07) is 0. The Bertz CT molecular complexity index is 238. The summed E-state index contributed by atoms with van der Waals surface area (Å²) in [5.41, 5.74) is 0. The first kappa shape index (κ1) is 10.9. The van der Waals surface area contributed by atoms with E-state index in [2.05, 4.69) is 21.2 Å². The van der Waals surface area contributed by atoms with Gasteiger partial charge in [-0.1, -0.05) is 15.9 Å². The van der Waals surface area contributed by atoms with Crippen molar-refractivity contribution >= 4 is 31.9 Å². The number of hydrogen-bond acceptors (Lipinski definition) is 3. The molecule has 0 aromatic rings. The fourth-order valence-electron chi connectivity index (χ4n) is 0.347. The minimum atomic E-state index is -3.66. The molecule has 0 spiro atoms. The van der Waals surface area contributed by atoms with E-state index in [4.69, 9.17) is 5.14 Å². The molecule has 3 N–H and O–H groups in total. The van der Waals surface area contributed by atoms with Crippen molar-refractivity contribution in [2.75, 3.05) is 5.33 Å². The molecule has 0 aliphatic rings. The van der Waals surface area contributed by atoms with E-state index in [1.807, 2.05) is 0 Å². The molecular weight excluding hydrogens is 236 g/mol. The third kappa shape index (κ3) is 4.33. The van der Waals surface area contributed by atoms with Gasteiger partial charge in [0.1, 0.15) is 5.37 Å². The Morgan fingerprint density at radius 2 is 2.18 bits per heavy atom. The lowest BCUT2D eigenvalue weighted by atomic mass is 10.6. The van der Waals surface area contributed by atoms with Gasteiger partial charge in [0.05, 0.1) is 5.33 Å². The van der Waals surface area contributed by atoms with E-state index in [0.717, 1.165) is 0 Å². The Kier molecular flexibility index (Phi) is 3.98. The summed E-state index contributed by atoms with van der Waals surface area (Å²) in [5, 5.41) is 5.92. The van der Waals surface area contributed by atoms with Crippen LogP contribution in [0.1, 0.15) is 6.92 Å². The summed E-state index contributed by atoms with van der Waals surface area (Å²) in [7, 11) is -3.66. The van der Waals surface area contributed by atoms with Gasteiger partial charge in [-0.3, -0.25) is 4.79 Å². The van der Waals surface area contributed by atoms with E-state index in [9.17, 15) is 13.2 Å². The molecule has 1 unspecified atom stereocenters. The Balaban J connectivity index is 4.10. The van der Waals surface area contributed by atoms with E-state index >= 15 is 0 Å². The Morgan fingerprint density at radius 1 is 1.73 bits per heavy atom. The summed E-state index contributed by atoms with van der Waals surface area (Å²) in [6.07, 6.45) is 0. The lowest BCUT2D eigenvalue weighted by Crippen LogP contribution is -2.42. The van der Waals surface area contributed by atoms with Crippen molar-refractivity contribution in [2.24, 2.45) is 5.14 Å². The van der Waals surface area contributed by atoms with Crippen molar-refractivity contribution in [1.82, 2.24) is 5.32 Å². The normalized spacial score (nSPS) is 14.1. The summed E-state index contributed by atoms with van der Waals surface area (Å²) < 4.78 is 21.1. The smallest absolute Gasteiger partial charge is 0.231 e. The summed E-state index contributed by atoms with van der Waals surface area (Å²) in [5.74, 6) is -0.411. The highest BCUT2D eigenvalue weighted by Gasteiger charge is 2.16. The quantitative estimate of drug-likeness (QED) is 0.633. The summed E-state index contributed by atoms with van der Waals surface area (Å²) in [6.45, 7) is 1.30. The molecule has 0 bridgehead atoms. The molecule has 11 heavy (non-hydrogen) atoms. The maximum Gasteiger partial charge on any atom is 0.231 e. The van der Waals surface area contributed by atoms with Gasteiger partial charge in [0, 0.05) is 0 Å². The van der Waals surface area contributed by atoms with Gasteiger partial charge in [-0.15, -0.1) is 0 Å². The SMILES string of the molecule is CC(NC(=O)CBr)S(N)(=O)=O. The zero-order valence-corrected chi connectivity index (χ0v) is 8.28. The molecule has 0 aliphatic carbocycles. The van der Waals surface area contributed by atoms with Crippen molar-refractivity contribution < 1.29 is 13.2 Å². The number of amides is 1. The fraction of sp³-hybridized carbons (Fsp3) is 0.750. The molecule has 0 saturated carbocycles. The molecule has 1 atom stereocenters.